The summed E-state index contributed by atoms with van der Waals surface area (Å²) in [5, 5.41) is 7.14. The van der Waals surface area contributed by atoms with Gasteiger partial charge in [0.25, 0.3) is 0 Å². The van der Waals surface area contributed by atoms with Crippen LogP contribution in [0.25, 0.3) is 109 Å². The van der Waals surface area contributed by atoms with Gasteiger partial charge in [-0.2, -0.15) is 0 Å². The van der Waals surface area contributed by atoms with Crippen LogP contribution in [0.5, 0.6) is 0 Å². The fourth-order valence-electron chi connectivity index (χ4n) is 8.26. The van der Waals surface area contributed by atoms with Gasteiger partial charge in [-0.15, -0.1) is 11.3 Å². The Bertz CT molecular complexity index is 3280. The number of hydrogen-bond acceptors (Lipinski definition) is 4. The molecule has 0 N–H and O–H groups in total. The van der Waals surface area contributed by atoms with Gasteiger partial charge in [0.1, 0.15) is 0 Å². The van der Waals surface area contributed by atoms with Gasteiger partial charge in [-0.25, -0.2) is 15.0 Å². The largest absolute Gasteiger partial charge is 0.208 e. The molecule has 0 saturated heterocycles. The fourth-order valence-corrected chi connectivity index (χ4v) is 9.47. The molecule has 0 aliphatic rings. The van der Waals surface area contributed by atoms with Crippen LogP contribution >= 0.6 is 11.3 Å². The normalized spacial score (nSPS) is 11.5. The van der Waals surface area contributed by atoms with Crippen molar-refractivity contribution in [2.75, 3.05) is 0 Å². The molecule has 0 unspecified atom stereocenters. The fraction of sp³-hybridized carbons (Fsp3) is 0. The maximum absolute atomic E-state index is 5.38. The van der Waals surface area contributed by atoms with Crippen molar-refractivity contribution in [3.8, 4) is 67.5 Å². The van der Waals surface area contributed by atoms with Gasteiger partial charge in [0.2, 0.25) is 0 Å². The summed E-state index contributed by atoms with van der Waals surface area (Å²) in [5.41, 5.74) is 9.91. The molecule has 9 aromatic carbocycles. The molecule has 0 radical (unpaired) electrons. The Morgan fingerprint density at radius 1 is 0.281 bits per heavy atom. The zero-order valence-electron chi connectivity index (χ0n) is 30.8. The van der Waals surface area contributed by atoms with Gasteiger partial charge in [-0.1, -0.05) is 188 Å². The van der Waals surface area contributed by atoms with E-state index < -0.39 is 0 Å². The Kier molecular flexibility index (Phi) is 8.01. The Balaban J connectivity index is 1.12. The number of hydrogen-bond donors (Lipinski definition) is 0. The van der Waals surface area contributed by atoms with Gasteiger partial charge in [0.05, 0.1) is 0 Å². The lowest BCUT2D eigenvalue weighted by molar-refractivity contribution is 1.08. The molecular weight excluding hydrogens is 711 g/mol. The summed E-state index contributed by atoms with van der Waals surface area (Å²) in [7, 11) is 0. The molecular formula is C53H33N3S. The van der Waals surface area contributed by atoms with Crippen LogP contribution in [0.15, 0.2) is 200 Å². The van der Waals surface area contributed by atoms with Crippen LogP contribution in [0.1, 0.15) is 0 Å². The molecule has 2 heterocycles. The van der Waals surface area contributed by atoms with Crippen LogP contribution in [0, 0.1) is 0 Å². The van der Waals surface area contributed by atoms with E-state index >= 15 is 0 Å². The second kappa shape index (κ2) is 13.8. The summed E-state index contributed by atoms with van der Waals surface area (Å²) < 4.78 is 2.42. The van der Waals surface area contributed by atoms with Crippen LogP contribution in [-0.2, 0) is 0 Å². The molecule has 0 amide bonds. The maximum Gasteiger partial charge on any atom is 0.165 e. The van der Waals surface area contributed by atoms with E-state index in [2.05, 4.69) is 182 Å². The SMILES string of the molecule is c1ccc(-c2nc(-c3c(-c4ccc(-c5c(-c6ccccc6)ccc6ccccc56)cc4)ccc4ccccc34)nc(-c3cccc4c3sc3ccccc34)n2)cc1. The summed E-state index contributed by atoms with van der Waals surface area (Å²) >= 11 is 1.79. The van der Waals surface area contributed by atoms with Gasteiger partial charge in [-0.3, -0.25) is 0 Å². The van der Waals surface area contributed by atoms with Crippen molar-refractivity contribution in [2.45, 2.75) is 0 Å². The van der Waals surface area contributed by atoms with E-state index in [0.717, 1.165) is 38.6 Å². The van der Waals surface area contributed by atoms with Crippen molar-refractivity contribution < 1.29 is 0 Å². The number of benzene rings is 9. The monoisotopic (exact) mass is 743 g/mol. The molecule has 3 nitrogen and oxygen atoms in total. The molecule has 266 valence electrons. The predicted molar refractivity (Wildman–Crippen MR) is 240 cm³/mol. The highest BCUT2D eigenvalue weighted by Gasteiger charge is 2.21. The van der Waals surface area contributed by atoms with E-state index in [1.54, 1.807) is 11.3 Å². The third kappa shape index (κ3) is 5.78. The number of thiophene rings is 1. The quantitative estimate of drug-likeness (QED) is 0.170. The molecule has 0 spiro atoms. The second-order valence-corrected chi connectivity index (χ2v) is 15.4. The number of nitrogens with zero attached hydrogens (tertiary/aromatic N) is 3. The first-order chi connectivity index (χ1) is 28.3. The minimum absolute atomic E-state index is 0.646. The van der Waals surface area contributed by atoms with Crippen molar-refractivity contribution in [1.29, 1.82) is 0 Å². The molecule has 0 aliphatic carbocycles. The van der Waals surface area contributed by atoms with E-state index in [9.17, 15) is 0 Å². The van der Waals surface area contributed by atoms with E-state index in [-0.39, 0.29) is 0 Å². The predicted octanol–water partition coefficient (Wildman–Crippen LogP) is 14.5. The highest BCUT2D eigenvalue weighted by atomic mass is 32.1. The molecule has 4 heteroatoms. The first-order valence-electron chi connectivity index (χ1n) is 19.2. The average Bonchev–Trinajstić information content (AvgIpc) is 3.68. The standard InChI is InChI=1S/C53H33N3S/c1-3-14-34(15-4-1)42-32-30-35-16-7-9-20-40(35)48(42)38-28-26-37(27-29-38)43-33-31-36-17-8-10-21-41(36)49(43)53-55-51(39-18-5-2-6-19-39)54-52(56-53)46-24-13-23-45-44-22-11-12-25-47(44)57-50(45)46/h1-33H. The average molecular weight is 744 g/mol. The van der Waals surface area contributed by atoms with E-state index in [1.165, 1.54) is 53.2 Å². The Morgan fingerprint density at radius 3 is 1.51 bits per heavy atom. The van der Waals surface area contributed by atoms with E-state index in [4.69, 9.17) is 15.0 Å². The zero-order valence-corrected chi connectivity index (χ0v) is 31.6. The number of aromatic nitrogens is 3. The summed E-state index contributed by atoms with van der Waals surface area (Å²) in [5.74, 6) is 1.95. The number of fused-ring (bicyclic) bond motifs is 5. The van der Waals surface area contributed by atoms with E-state index in [1.807, 2.05) is 18.2 Å². The van der Waals surface area contributed by atoms with Crippen molar-refractivity contribution in [3.63, 3.8) is 0 Å². The van der Waals surface area contributed by atoms with Crippen LogP contribution in [0.2, 0.25) is 0 Å². The lowest BCUT2D eigenvalue weighted by Crippen LogP contribution is -2.02. The molecule has 0 bridgehead atoms. The summed E-state index contributed by atoms with van der Waals surface area (Å²) in [4.78, 5) is 15.9. The van der Waals surface area contributed by atoms with Gasteiger partial charge >= 0.3 is 0 Å². The molecule has 2 aromatic heterocycles. The molecule has 57 heavy (non-hydrogen) atoms. The molecule has 11 aromatic rings. The first kappa shape index (κ1) is 33.1. The molecule has 0 saturated carbocycles. The topological polar surface area (TPSA) is 38.7 Å². The third-order valence-electron chi connectivity index (χ3n) is 11.0. The minimum atomic E-state index is 0.646. The van der Waals surface area contributed by atoms with Crippen molar-refractivity contribution in [3.05, 3.63) is 200 Å². The maximum atomic E-state index is 5.38. The minimum Gasteiger partial charge on any atom is -0.208 e. The Morgan fingerprint density at radius 2 is 0.789 bits per heavy atom. The van der Waals surface area contributed by atoms with Crippen LogP contribution in [0.3, 0.4) is 0 Å². The lowest BCUT2D eigenvalue weighted by atomic mass is 9.88. The van der Waals surface area contributed by atoms with Gasteiger partial charge in [0.15, 0.2) is 17.5 Å². The van der Waals surface area contributed by atoms with Crippen molar-refractivity contribution in [2.24, 2.45) is 0 Å². The second-order valence-electron chi connectivity index (χ2n) is 14.3. The van der Waals surface area contributed by atoms with Crippen LogP contribution in [0.4, 0.5) is 0 Å². The van der Waals surface area contributed by atoms with Crippen molar-refractivity contribution >= 4 is 53.1 Å². The van der Waals surface area contributed by atoms with Crippen LogP contribution < -0.4 is 0 Å². The molecule has 0 aliphatic heterocycles. The zero-order chi connectivity index (χ0) is 37.7. The van der Waals surface area contributed by atoms with Crippen molar-refractivity contribution in [1.82, 2.24) is 15.0 Å². The van der Waals surface area contributed by atoms with E-state index in [0.29, 0.717) is 17.5 Å². The highest BCUT2D eigenvalue weighted by molar-refractivity contribution is 7.26. The van der Waals surface area contributed by atoms with Crippen LogP contribution in [-0.4, -0.2) is 15.0 Å². The Labute approximate surface area is 334 Å². The third-order valence-corrected chi connectivity index (χ3v) is 12.2. The molecule has 0 atom stereocenters. The molecule has 0 fully saturated rings. The number of rotatable bonds is 6. The van der Waals surface area contributed by atoms with Gasteiger partial charge < -0.3 is 0 Å². The summed E-state index contributed by atoms with van der Waals surface area (Å²) in [6, 6.07) is 71.1. The molecule has 11 rings (SSSR count). The van der Waals surface area contributed by atoms with Gasteiger partial charge in [-0.05, 0) is 67.1 Å². The smallest absolute Gasteiger partial charge is 0.165 e. The van der Waals surface area contributed by atoms with Gasteiger partial charge in [0, 0.05) is 36.9 Å². The highest BCUT2D eigenvalue weighted by Crippen LogP contribution is 2.43. The first-order valence-corrected chi connectivity index (χ1v) is 20.0. The summed E-state index contributed by atoms with van der Waals surface area (Å²) in [6.45, 7) is 0. The summed E-state index contributed by atoms with van der Waals surface area (Å²) in [6.07, 6.45) is 0. The lowest BCUT2D eigenvalue weighted by Gasteiger charge is -2.17. The Hall–Kier alpha value is -7.27.